The number of carbonyl (C=O) groups is 2. The highest BCUT2D eigenvalue weighted by Gasteiger charge is 2.34. The van der Waals surface area contributed by atoms with Crippen molar-refractivity contribution in [1.82, 2.24) is 19.9 Å². The average Bonchev–Trinajstić information content (AvgIpc) is 3.23. The molecule has 1 aliphatic rings. The van der Waals surface area contributed by atoms with Crippen molar-refractivity contribution in [3.8, 4) is 11.4 Å². The number of likely N-dealkylation sites (tertiary alicyclic amines) is 1. The van der Waals surface area contributed by atoms with Gasteiger partial charge >= 0.3 is 0 Å². The van der Waals surface area contributed by atoms with Crippen LogP contribution in [0.4, 0.5) is 0 Å². The summed E-state index contributed by atoms with van der Waals surface area (Å²) in [6, 6.07) is 6.77. The number of halogens is 3. The zero-order valence-electron chi connectivity index (χ0n) is 16.1. The first-order valence-electron chi connectivity index (χ1n) is 9.47. The predicted molar refractivity (Wildman–Crippen MR) is 115 cm³/mol. The quantitative estimate of drug-likeness (QED) is 0.445. The van der Waals surface area contributed by atoms with Gasteiger partial charge in [0.15, 0.2) is 4.84 Å². The number of benzene rings is 1. The molecule has 1 fully saturated rings. The number of hydrogen-bond donors (Lipinski definition) is 0. The van der Waals surface area contributed by atoms with Gasteiger partial charge in [-0.05, 0) is 31.4 Å². The van der Waals surface area contributed by atoms with Crippen LogP contribution < -0.4 is 0 Å². The van der Waals surface area contributed by atoms with E-state index >= 15 is 0 Å². The van der Waals surface area contributed by atoms with Gasteiger partial charge in [-0.25, -0.2) is 0 Å². The molecule has 1 atom stereocenters. The van der Waals surface area contributed by atoms with E-state index in [0.29, 0.717) is 29.7 Å². The molecule has 0 spiro atoms. The van der Waals surface area contributed by atoms with E-state index in [1.165, 1.54) is 11.0 Å². The van der Waals surface area contributed by atoms with Crippen LogP contribution in [0.1, 0.15) is 31.2 Å². The van der Waals surface area contributed by atoms with Crippen molar-refractivity contribution in [2.24, 2.45) is 0 Å². The first-order valence-corrected chi connectivity index (χ1v) is 10.7. The third-order valence-electron chi connectivity index (χ3n) is 4.81. The fraction of sp³-hybridized carbons (Fsp3) is 0.400. The van der Waals surface area contributed by atoms with Gasteiger partial charge in [0.25, 0.3) is 5.91 Å². The molecular formula is C20H21Cl3N4O3. The van der Waals surface area contributed by atoms with Crippen LogP contribution in [0.25, 0.3) is 11.4 Å². The number of amides is 2. The fourth-order valence-corrected chi connectivity index (χ4v) is 3.85. The highest BCUT2D eigenvalue weighted by Crippen LogP contribution is 2.31. The molecule has 1 aromatic heterocycles. The van der Waals surface area contributed by atoms with Gasteiger partial charge in [-0.15, -0.1) is 6.58 Å². The molecule has 2 aromatic rings. The van der Waals surface area contributed by atoms with Crippen molar-refractivity contribution in [2.45, 2.75) is 30.1 Å². The molecule has 0 radical (unpaired) electrons. The molecule has 0 N–H and O–H groups in total. The van der Waals surface area contributed by atoms with Crippen LogP contribution in [-0.4, -0.2) is 56.2 Å². The Morgan fingerprint density at radius 1 is 1.37 bits per heavy atom. The Morgan fingerprint density at radius 3 is 2.87 bits per heavy atom. The van der Waals surface area contributed by atoms with Gasteiger partial charge in [0, 0.05) is 23.7 Å². The van der Waals surface area contributed by atoms with E-state index in [9.17, 15) is 9.59 Å². The highest BCUT2D eigenvalue weighted by atomic mass is 35.5. The molecule has 1 aromatic carbocycles. The molecule has 1 saturated heterocycles. The van der Waals surface area contributed by atoms with Gasteiger partial charge in [0.1, 0.15) is 12.6 Å². The summed E-state index contributed by atoms with van der Waals surface area (Å²) in [5, 5.41) is 4.61. The maximum Gasteiger partial charge on any atom is 0.256 e. The van der Waals surface area contributed by atoms with Gasteiger partial charge in [0.05, 0.1) is 0 Å². The Labute approximate surface area is 189 Å². The number of piperidine rings is 1. The minimum atomic E-state index is -1.24. The molecule has 0 aliphatic carbocycles. The minimum absolute atomic E-state index is 0.160. The van der Waals surface area contributed by atoms with Crippen LogP contribution in [0.15, 0.2) is 41.4 Å². The van der Waals surface area contributed by atoms with Crippen LogP contribution in [0.2, 0.25) is 5.02 Å². The molecule has 1 aliphatic heterocycles. The average molecular weight is 472 g/mol. The first kappa shape index (κ1) is 22.6. The minimum Gasteiger partial charge on any atom is -0.337 e. The number of aromatic nitrogens is 2. The van der Waals surface area contributed by atoms with Crippen LogP contribution in [-0.2, 0) is 9.59 Å². The maximum atomic E-state index is 13.0. The smallest absolute Gasteiger partial charge is 0.256 e. The fourth-order valence-electron chi connectivity index (χ4n) is 3.38. The summed E-state index contributed by atoms with van der Waals surface area (Å²) in [5.41, 5.74) is 0.726. The molecular weight excluding hydrogens is 451 g/mol. The summed E-state index contributed by atoms with van der Waals surface area (Å²) in [6.07, 6.45) is 3.97. The Morgan fingerprint density at radius 2 is 2.17 bits per heavy atom. The lowest BCUT2D eigenvalue weighted by molar-refractivity contribution is -0.142. The number of nitrogens with zero attached hydrogens (tertiary/aromatic N) is 4. The number of alkyl halides is 2. The van der Waals surface area contributed by atoms with E-state index in [1.807, 2.05) is 6.07 Å². The van der Waals surface area contributed by atoms with Gasteiger partial charge in [-0.1, -0.05) is 58.2 Å². The lowest BCUT2D eigenvalue weighted by Gasteiger charge is -2.35. The van der Waals surface area contributed by atoms with Crippen molar-refractivity contribution >= 4 is 46.6 Å². The third kappa shape index (κ3) is 5.33. The van der Waals surface area contributed by atoms with Gasteiger partial charge < -0.3 is 14.3 Å². The van der Waals surface area contributed by atoms with E-state index in [0.717, 1.165) is 18.4 Å². The standard InChI is InChI=1S/C20H21Cl3N4O3/c1-2-9-26(20(29)17(22)23)12-16(28)27-10-4-3-8-15(27)19-24-18(25-30-19)13-6-5-7-14(21)11-13/h2,5-7,11,15,17H,1,3-4,8-10,12H2. The summed E-state index contributed by atoms with van der Waals surface area (Å²) in [6.45, 7) is 4.15. The van der Waals surface area contributed by atoms with Crippen molar-refractivity contribution in [2.75, 3.05) is 19.6 Å². The lowest BCUT2D eigenvalue weighted by Crippen LogP contribution is -2.47. The van der Waals surface area contributed by atoms with Crippen LogP contribution in [0.3, 0.4) is 0 Å². The second kappa shape index (κ2) is 10.3. The topological polar surface area (TPSA) is 79.5 Å². The SMILES string of the molecule is C=CCN(CC(=O)N1CCCCC1c1nc(-c2cccc(Cl)c2)no1)C(=O)C(Cl)Cl. The summed E-state index contributed by atoms with van der Waals surface area (Å²) in [7, 11) is 0. The van der Waals surface area contributed by atoms with E-state index < -0.39 is 10.7 Å². The lowest BCUT2D eigenvalue weighted by atomic mass is 10.0. The molecule has 3 rings (SSSR count). The molecule has 0 saturated carbocycles. The van der Waals surface area contributed by atoms with Gasteiger partial charge in [-0.3, -0.25) is 9.59 Å². The Kier molecular flexibility index (Phi) is 7.75. The van der Waals surface area contributed by atoms with Crippen molar-refractivity contribution in [1.29, 1.82) is 0 Å². The zero-order chi connectivity index (χ0) is 21.7. The summed E-state index contributed by atoms with van der Waals surface area (Å²) >= 11 is 17.4. The van der Waals surface area contributed by atoms with Crippen molar-refractivity contribution in [3.63, 3.8) is 0 Å². The molecule has 0 bridgehead atoms. The molecule has 2 amide bonds. The van der Waals surface area contributed by atoms with Gasteiger partial charge in [0.2, 0.25) is 17.6 Å². The normalized spacial score (nSPS) is 16.5. The molecule has 2 heterocycles. The zero-order valence-corrected chi connectivity index (χ0v) is 18.4. The number of rotatable bonds is 7. The molecule has 30 heavy (non-hydrogen) atoms. The van der Waals surface area contributed by atoms with E-state index in [-0.39, 0.29) is 25.0 Å². The second-order valence-corrected chi connectivity index (χ2v) is 8.41. The molecule has 10 heteroatoms. The van der Waals surface area contributed by atoms with Crippen LogP contribution in [0.5, 0.6) is 0 Å². The summed E-state index contributed by atoms with van der Waals surface area (Å²) in [4.78, 5) is 31.4. The number of hydrogen-bond acceptors (Lipinski definition) is 5. The second-order valence-electron chi connectivity index (χ2n) is 6.87. The summed E-state index contributed by atoms with van der Waals surface area (Å²) in [5.74, 6) is -0.0270. The third-order valence-corrected chi connectivity index (χ3v) is 5.42. The molecule has 7 nitrogen and oxygen atoms in total. The largest absolute Gasteiger partial charge is 0.337 e. The summed E-state index contributed by atoms with van der Waals surface area (Å²) < 4.78 is 5.48. The van der Waals surface area contributed by atoms with Crippen LogP contribution in [0, 0.1) is 0 Å². The monoisotopic (exact) mass is 470 g/mol. The number of carbonyl (C=O) groups excluding carboxylic acids is 2. The Hall–Kier alpha value is -2.09. The predicted octanol–water partition coefficient (Wildman–Crippen LogP) is 4.26. The van der Waals surface area contributed by atoms with Gasteiger partial charge in [-0.2, -0.15) is 4.98 Å². The highest BCUT2D eigenvalue weighted by molar-refractivity contribution is 6.53. The van der Waals surface area contributed by atoms with Crippen LogP contribution >= 0.6 is 34.8 Å². The first-order chi connectivity index (χ1) is 14.4. The van der Waals surface area contributed by atoms with E-state index in [4.69, 9.17) is 39.3 Å². The molecule has 160 valence electrons. The van der Waals surface area contributed by atoms with Crippen molar-refractivity contribution < 1.29 is 14.1 Å². The Balaban J connectivity index is 1.78. The van der Waals surface area contributed by atoms with E-state index in [1.54, 1.807) is 23.1 Å². The Bertz CT molecular complexity index is 918. The van der Waals surface area contributed by atoms with Crippen molar-refractivity contribution in [3.05, 3.63) is 47.8 Å². The van der Waals surface area contributed by atoms with E-state index in [2.05, 4.69) is 16.7 Å². The maximum absolute atomic E-state index is 13.0. The molecule has 1 unspecified atom stereocenters.